The highest BCUT2D eigenvalue weighted by molar-refractivity contribution is 5.00. The van der Waals surface area contributed by atoms with Crippen LogP contribution in [-0.4, -0.2) is 61.8 Å². The molecule has 1 unspecified atom stereocenters. The van der Waals surface area contributed by atoms with E-state index in [4.69, 9.17) is 4.74 Å². The molecule has 0 radical (unpaired) electrons. The molecule has 2 fully saturated rings. The van der Waals surface area contributed by atoms with Crippen molar-refractivity contribution in [2.45, 2.75) is 45.6 Å². The Labute approximate surface area is 118 Å². The molecule has 0 N–H and O–H groups in total. The largest absolute Gasteiger partial charge is 0.379 e. The molecule has 2 aliphatic heterocycles. The Hall–Kier alpha value is -0.380. The van der Waals surface area contributed by atoms with Gasteiger partial charge in [0.1, 0.15) is 0 Å². The smallest absolute Gasteiger partial charge is 0.0594 e. The minimum Gasteiger partial charge on any atom is -0.379 e. The quantitative estimate of drug-likeness (QED) is 0.711. The second kappa shape index (κ2) is 8.03. The van der Waals surface area contributed by atoms with E-state index in [9.17, 15) is 0 Å². The van der Waals surface area contributed by atoms with Gasteiger partial charge in [-0.3, -0.25) is 9.80 Å². The summed E-state index contributed by atoms with van der Waals surface area (Å²) in [6.45, 7) is 12.2. The Morgan fingerprint density at radius 1 is 1.21 bits per heavy atom. The highest BCUT2D eigenvalue weighted by atomic mass is 16.5. The van der Waals surface area contributed by atoms with E-state index in [1.165, 1.54) is 50.9 Å². The number of piperidine rings is 1. The number of likely N-dealkylation sites (tertiary alicyclic amines) is 1. The van der Waals surface area contributed by atoms with Crippen molar-refractivity contribution in [1.82, 2.24) is 9.80 Å². The summed E-state index contributed by atoms with van der Waals surface area (Å²) < 4.78 is 5.42. The van der Waals surface area contributed by atoms with Gasteiger partial charge in [-0.2, -0.15) is 0 Å². The maximum atomic E-state index is 5.42. The Morgan fingerprint density at radius 3 is 2.74 bits per heavy atom. The van der Waals surface area contributed by atoms with Crippen molar-refractivity contribution >= 4 is 0 Å². The lowest BCUT2D eigenvalue weighted by Crippen LogP contribution is -2.44. The van der Waals surface area contributed by atoms with Gasteiger partial charge in [0.05, 0.1) is 13.2 Å². The van der Waals surface area contributed by atoms with Crippen LogP contribution >= 0.6 is 0 Å². The Morgan fingerprint density at radius 2 is 2.00 bits per heavy atom. The molecule has 0 spiro atoms. The highest BCUT2D eigenvalue weighted by Crippen LogP contribution is 2.21. The average molecular weight is 266 g/mol. The van der Waals surface area contributed by atoms with Gasteiger partial charge in [-0.25, -0.2) is 0 Å². The summed E-state index contributed by atoms with van der Waals surface area (Å²) in [6, 6.07) is 0.798. The zero-order valence-electron chi connectivity index (χ0n) is 12.7. The number of nitrogens with zero attached hydrogens (tertiary/aromatic N) is 2. The summed E-state index contributed by atoms with van der Waals surface area (Å²) in [5.74, 6) is 0. The molecule has 0 aromatic carbocycles. The summed E-state index contributed by atoms with van der Waals surface area (Å²) in [5.41, 5.74) is 1.51. The molecule has 3 heteroatoms. The first kappa shape index (κ1) is 15.0. The van der Waals surface area contributed by atoms with Crippen LogP contribution in [0.25, 0.3) is 0 Å². The Kier molecular flexibility index (Phi) is 6.35. The van der Waals surface area contributed by atoms with Crippen molar-refractivity contribution < 1.29 is 4.74 Å². The fourth-order valence-electron chi connectivity index (χ4n) is 3.16. The van der Waals surface area contributed by atoms with E-state index < -0.39 is 0 Å². The SMILES string of the molecule is CC=C(C)CN1CCCCC1CCN1CCOCC1. The topological polar surface area (TPSA) is 15.7 Å². The third-order valence-corrected chi connectivity index (χ3v) is 4.58. The summed E-state index contributed by atoms with van der Waals surface area (Å²) in [4.78, 5) is 5.28. The molecule has 2 saturated heterocycles. The molecule has 0 aromatic heterocycles. The number of allylic oxidation sites excluding steroid dienone is 1. The average Bonchev–Trinajstić information content (AvgIpc) is 2.47. The fourth-order valence-corrected chi connectivity index (χ4v) is 3.16. The monoisotopic (exact) mass is 266 g/mol. The van der Waals surface area contributed by atoms with E-state index in [2.05, 4.69) is 29.7 Å². The molecule has 2 heterocycles. The van der Waals surface area contributed by atoms with Gasteiger partial charge in [0.25, 0.3) is 0 Å². The molecule has 0 bridgehead atoms. The van der Waals surface area contributed by atoms with Gasteiger partial charge in [0, 0.05) is 25.7 Å². The fraction of sp³-hybridized carbons (Fsp3) is 0.875. The van der Waals surface area contributed by atoms with Gasteiger partial charge in [-0.1, -0.05) is 18.1 Å². The molecule has 0 amide bonds. The second-order valence-electron chi connectivity index (χ2n) is 6.00. The van der Waals surface area contributed by atoms with Gasteiger partial charge >= 0.3 is 0 Å². The maximum absolute atomic E-state index is 5.42. The molecule has 0 aliphatic carbocycles. The summed E-state index contributed by atoms with van der Waals surface area (Å²) in [6.07, 6.45) is 7.77. The first-order valence-corrected chi connectivity index (χ1v) is 7.95. The normalized spacial score (nSPS) is 27.7. The third-order valence-electron chi connectivity index (χ3n) is 4.58. The number of rotatable bonds is 5. The number of ether oxygens (including phenoxy) is 1. The van der Waals surface area contributed by atoms with E-state index >= 15 is 0 Å². The number of hydrogen-bond donors (Lipinski definition) is 0. The molecular formula is C16H30N2O. The van der Waals surface area contributed by atoms with Crippen LogP contribution in [0.4, 0.5) is 0 Å². The van der Waals surface area contributed by atoms with Crippen LogP contribution in [0.2, 0.25) is 0 Å². The van der Waals surface area contributed by atoms with Gasteiger partial charge in [0.15, 0.2) is 0 Å². The molecule has 1 atom stereocenters. The predicted octanol–water partition coefficient (Wildman–Crippen LogP) is 2.53. The Bertz CT molecular complexity index is 284. The van der Waals surface area contributed by atoms with Crippen molar-refractivity contribution in [2.24, 2.45) is 0 Å². The lowest BCUT2D eigenvalue weighted by Gasteiger charge is -2.37. The van der Waals surface area contributed by atoms with Gasteiger partial charge in [-0.05, 0) is 46.2 Å². The lowest BCUT2D eigenvalue weighted by molar-refractivity contribution is 0.0313. The van der Waals surface area contributed by atoms with Crippen molar-refractivity contribution in [1.29, 1.82) is 0 Å². The van der Waals surface area contributed by atoms with E-state index in [-0.39, 0.29) is 0 Å². The number of morpholine rings is 1. The molecular weight excluding hydrogens is 236 g/mol. The van der Waals surface area contributed by atoms with Gasteiger partial charge < -0.3 is 4.74 Å². The van der Waals surface area contributed by atoms with E-state index in [1.54, 1.807) is 0 Å². The Balaban J connectivity index is 1.78. The van der Waals surface area contributed by atoms with Crippen molar-refractivity contribution in [3.05, 3.63) is 11.6 Å². The molecule has 0 aromatic rings. The zero-order valence-corrected chi connectivity index (χ0v) is 12.7. The van der Waals surface area contributed by atoms with Crippen LogP contribution in [0.1, 0.15) is 39.5 Å². The van der Waals surface area contributed by atoms with Crippen molar-refractivity contribution in [2.75, 3.05) is 45.9 Å². The lowest BCUT2D eigenvalue weighted by atomic mass is 9.98. The van der Waals surface area contributed by atoms with E-state index in [1.807, 2.05) is 0 Å². The molecule has 3 nitrogen and oxygen atoms in total. The third kappa shape index (κ3) is 4.90. The summed E-state index contributed by atoms with van der Waals surface area (Å²) >= 11 is 0. The summed E-state index contributed by atoms with van der Waals surface area (Å²) in [5, 5.41) is 0. The van der Waals surface area contributed by atoms with Gasteiger partial charge in [0.2, 0.25) is 0 Å². The van der Waals surface area contributed by atoms with E-state index in [0.717, 1.165) is 32.3 Å². The molecule has 110 valence electrons. The van der Waals surface area contributed by atoms with Crippen LogP contribution < -0.4 is 0 Å². The minimum absolute atomic E-state index is 0.798. The minimum atomic E-state index is 0.798. The van der Waals surface area contributed by atoms with Crippen molar-refractivity contribution in [3.63, 3.8) is 0 Å². The standard InChI is InChI=1S/C16H30N2O/c1-3-15(2)14-18-8-5-4-6-16(18)7-9-17-10-12-19-13-11-17/h3,16H,4-14H2,1-2H3. The molecule has 2 rings (SSSR count). The highest BCUT2D eigenvalue weighted by Gasteiger charge is 2.23. The maximum Gasteiger partial charge on any atom is 0.0594 e. The molecule has 2 aliphatic rings. The van der Waals surface area contributed by atoms with Crippen molar-refractivity contribution in [3.8, 4) is 0 Å². The van der Waals surface area contributed by atoms with Crippen LogP contribution in [0.5, 0.6) is 0 Å². The second-order valence-corrected chi connectivity index (χ2v) is 6.00. The van der Waals surface area contributed by atoms with Crippen LogP contribution in [0.3, 0.4) is 0 Å². The van der Waals surface area contributed by atoms with Crippen LogP contribution in [0.15, 0.2) is 11.6 Å². The summed E-state index contributed by atoms with van der Waals surface area (Å²) in [7, 11) is 0. The number of hydrogen-bond acceptors (Lipinski definition) is 3. The van der Waals surface area contributed by atoms with Gasteiger partial charge in [-0.15, -0.1) is 0 Å². The van der Waals surface area contributed by atoms with Crippen LogP contribution in [0, 0.1) is 0 Å². The van der Waals surface area contributed by atoms with E-state index in [0.29, 0.717) is 0 Å². The predicted molar refractivity (Wildman–Crippen MR) is 80.5 cm³/mol. The first-order chi connectivity index (χ1) is 9.29. The zero-order chi connectivity index (χ0) is 13.5. The molecule has 19 heavy (non-hydrogen) atoms. The first-order valence-electron chi connectivity index (χ1n) is 7.95. The van der Waals surface area contributed by atoms with Crippen LogP contribution in [-0.2, 0) is 4.74 Å². The molecule has 0 saturated carbocycles.